The number of halogens is 3. The highest BCUT2D eigenvalue weighted by molar-refractivity contribution is 9.10. The predicted molar refractivity (Wildman–Crippen MR) is 48.3 cm³/mol. The summed E-state index contributed by atoms with van der Waals surface area (Å²) >= 11 is 3.13. The van der Waals surface area contributed by atoms with Gasteiger partial charge in [0, 0.05) is 7.05 Å². The molecule has 2 rings (SSSR count). The maximum Gasteiger partial charge on any atom is 0.184 e. The second-order valence-electron chi connectivity index (χ2n) is 2.67. The highest BCUT2D eigenvalue weighted by Crippen LogP contribution is 2.22. The first kappa shape index (κ1) is 8.62. The van der Waals surface area contributed by atoms with E-state index in [0.717, 1.165) is 6.07 Å². The first-order valence-corrected chi connectivity index (χ1v) is 4.36. The van der Waals surface area contributed by atoms with Gasteiger partial charge >= 0.3 is 0 Å². The smallest absolute Gasteiger partial charge is 0.184 e. The van der Waals surface area contributed by atoms with Crippen LogP contribution in [-0.2, 0) is 7.05 Å². The highest BCUT2D eigenvalue weighted by atomic mass is 79.9. The molecule has 0 bridgehead atoms. The van der Waals surface area contributed by atoms with E-state index >= 15 is 0 Å². The van der Waals surface area contributed by atoms with Gasteiger partial charge in [0.2, 0.25) is 0 Å². The molecule has 1 aromatic heterocycles. The Kier molecular flexibility index (Phi) is 1.83. The van der Waals surface area contributed by atoms with Crippen molar-refractivity contribution in [3.63, 3.8) is 0 Å². The van der Waals surface area contributed by atoms with E-state index in [-0.39, 0.29) is 5.52 Å². The number of rotatable bonds is 0. The Morgan fingerprint density at radius 2 is 2.08 bits per heavy atom. The second kappa shape index (κ2) is 2.77. The molecule has 1 aromatic carbocycles. The molecule has 2 nitrogen and oxygen atoms in total. The lowest BCUT2D eigenvalue weighted by Crippen LogP contribution is -1.92. The van der Waals surface area contributed by atoms with Crippen molar-refractivity contribution in [1.82, 2.24) is 9.55 Å². The normalized spacial score (nSPS) is 11.1. The molecule has 0 N–H and O–H groups in total. The molecule has 0 radical (unpaired) electrons. The maximum absolute atomic E-state index is 13.2. The summed E-state index contributed by atoms with van der Waals surface area (Å²) in [7, 11) is 1.61. The summed E-state index contributed by atoms with van der Waals surface area (Å²) in [5.74, 6) is -1.72. The predicted octanol–water partition coefficient (Wildman–Crippen LogP) is 2.61. The summed E-state index contributed by atoms with van der Waals surface area (Å²) in [5.41, 5.74) is 0.611. The summed E-state index contributed by atoms with van der Waals surface area (Å²) in [6.07, 6.45) is 0. The molecule has 0 aliphatic heterocycles. The van der Waals surface area contributed by atoms with Crippen LogP contribution in [0.4, 0.5) is 8.78 Å². The zero-order chi connectivity index (χ0) is 9.59. The van der Waals surface area contributed by atoms with Gasteiger partial charge in [0.1, 0.15) is 5.52 Å². The molecule has 68 valence electrons. The molecule has 0 aliphatic rings. The largest absolute Gasteiger partial charge is 0.319 e. The Bertz CT molecular complexity index is 478. The minimum Gasteiger partial charge on any atom is -0.319 e. The fourth-order valence-corrected chi connectivity index (χ4v) is 1.57. The van der Waals surface area contributed by atoms with E-state index < -0.39 is 11.6 Å². The van der Waals surface area contributed by atoms with Crippen molar-refractivity contribution in [3.8, 4) is 0 Å². The van der Waals surface area contributed by atoms with E-state index in [4.69, 9.17) is 0 Å². The average Bonchev–Trinajstić information content (AvgIpc) is 2.37. The van der Waals surface area contributed by atoms with Crippen LogP contribution in [0.15, 0.2) is 16.9 Å². The molecular formula is C8H5BrF2N2. The number of imidazole rings is 1. The molecule has 0 fully saturated rings. The standard InChI is InChI=1S/C8H5BrF2N2/c1-13-7-5(12-8(13)9)3-2-4(10)6(7)11/h2-3H,1H3. The molecular weight excluding hydrogens is 242 g/mol. The van der Waals surface area contributed by atoms with Crippen molar-refractivity contribution in [2.24, 2.45) is 7.05 Å². The fraction of sp³-hybridized carbons (Fsp3) is 0.125. The molecule has 0 atom stereocenters. The van der Waals surface area contributed by atoms with Crippen LogP contribution in [0.2, 0.25) is 0 Å². The van der Waals surface area contributed by atoms with Gasteiger partial charge in [0.25, 0.3) is 0 Å². The van der Waals surface area contributed by atoms with E-state index in [1.165, 1.54) is 10.6 Å². The van der Waals surface area contributed by atoms with E-state index in [0.29, 0.717) is 10.3 Å². The van der Waals surface area contributed by atoms with E-state index in [2.05, 4.69) is 20.9 Å². The van der Waals surface area contributed by atoms with Crippen LogP contribution in [0.1, 0.15) is 0 Å². The second-order valence-corrected chi connectivity index (χ2v) is 3.38. The van der Waals surface area contributed by atoms with E-state index in [1.54, 1.807) is 7.05 Å². The van der Waals surface area contributed by atoms with Gasteiger partial charge in [-0.3, -0.25) is 0 Å². The number of fused-ring (bicyclic) bond motifs is 1. The first-order valence-electron chi connectivity index (χ1n) is 3.57. The Morgan fingerprint density at radius 3 is 2.77 bits per heavy atom. The molecule has 2 aromatic rings. The van der Waals surface area contributed by atoms with Crippen molar-refractivity contribution in [3.05, 3.63) is 28.5 Å². The van der Waals surface area contributed by atoms with Crippen LogP contribution < -0.4 is 0 Å². The molecule has 0 saturated carbocycles. The van der Waals surface area contributed by atoms with Crippen molar-refractivity contribution in [1.29, 1.82) is 0 Å². The Morgan fingerprint density at radius 1 is 1.38 bits per heavy atom. The molecule has 0 amide bonds. The Balaban J connectivity index is 2.97. The number of benzene rings is 1. The summed E-state index contributed by atoms with van der Waals surface area (Å²) in [4.78, 5) is 3.99. The average molecular weight is 247 g/mol. The summed E-state index contributed by atoms with van der Waals surface area (Å²) in [6.45, 7) is 0. The molecule has 13 heavy (non-hydrogen) atoms. The molecule has 0 aliphatic carbocycles. The maximum atomic E-state index is 13.2. The van der Waals surface area contributed by atoms with Crippen LogP contribution >= 0.6 is 15.9 Å². The van der Waals surface area contributed by atoms with Gasteiger partial charge in [-0.2, -0.15) is 0 Å². The number of nitrogens with zero attached hydrogens (tertiary/aromatic N) is 2. The zero-order valence-corrected chi connectivity index (χ0v) is 8.27. The molecule has 5 heteroatoms. The van der Waals surface area contributed by atoms with Crippen molar-refractivity contribution >= 4 is 27.0 Å². The van der Waals surface area contributed by atoms with Gasteiger partial charge in [-0.25, -0.2) is 13.8 Å². The molecule has 1 heterocycles. The van der Waals surface area contributed by atoms with Crippen LogP contribution in [0, 0.1) is 11.6 Å². The molecule has 0 spiro atoms. The monoisotopic (exact) mass is 246 g/mol. The van der Waals surface area contributed by atoms with Crippen LogP contribution in [-0.4, -0.2) is 9.55 Å². The number of hydrogen-bond acceptors (Lipinski definition) is 1. The van der Waals surface area contributed by atoms with Gasteiger partial charge in [0.05, 0.1) is 5.52 Å². The minimum atomic E-state index is -0.863. The topological polar surface area (TPSA) is 17.8 Å². The number of aryl methyl sites for hydroxylation is 1. The van der Waals surface area contributed by atoms with E-state index in [9.17, 15) is 8.78 Å². The third-order valence-corrected chi connectivity index (χ3v) is 2.58. The quantitative estimate of drug-likeness (QED) is 0.699. The van der Waals surface area contributed by atoms with Gasteiger partial charge in [-0.1, -0.05) is 0 Å². The number of aromatic nitrogens is 2. The van der Waals surface area contributed by atoms with E-state index in [1.807, 2.05) is 0 Å². The minimum absolute atomic E-state index is 0.173. The third-order valence-electron chi connectivity index (χ3n) is 1.87. The van der Waals surface area contributed by atoms with Gasteiger partial charge < -0.3 is 4.57 Å². The van der Waals surface area contributed by atoms with Crippen LogP contribution in [0.3, 0.4) is 0 Å². The first-order chi connectivity index (χ1) is 6.11. The van der Waals surface area contributed by atoms with Gasteiger partial charge in [-0.15, -0.1) is 0 Å². The zero-order valence-electron chi connectivity index (χ0n) is 6.68. The summed E-state index contributed by atoms with van der Waals surface area (Å²) in [5, 5.41) is 0. The van der Waals surface area contributed by atoms with Crippen molar-refractivity contribution < 1.29 is 8.78 Å². The number of hydrogen-bond donors (Lipinski definition) is 0. The van der Waals surface area contributed by atoms with Crippen molar-refractivity contribution in [2.75, 3.05) is 0 Å². The lowest BCUT2D eigenvalue weighted by molar-refractivity contribution is 0.513. The third kappa shape index (κ3) is 1.14. The highest BCUT2D eigenvalue weighted by Gasteiger charge is 2.13. The van der Waals surface area contributed by atoms with Gasteiger partial charge in [0.15, 0.2) is 16.4 Å². The van der Waals surface area contributed by atoms with Crippen molar-refractivity contribution in [2.45, 2.75) is 0 Å². The van der Waals surface area contributed by atoms with Gasteiger partial charge in [-0.05, 0) is 28.1 Å². The Hall–Kier alpha value is -0.970. The summed E-state index contributed by atoms with van der Waals surface area (Å²) in [6, 6.07) is 2.51. The fourth-order valence-electron chi connectivity index (χ4n) is 1.21. The Labute approximate surface area is 81.3 Å². The summed E-state index contributed by atoms with van der Waals surface area (Å²) < 4.78 is 28.0. The lowest BCUT2D eigenvalue weighted by Gasteiger charge is -1.97. The molecule has 0 saturated heterocycles. The SMILES string of the molecule is Cn1c(Br)nc2ccc(F)c(F)c21. The lowest BCUT2D eigenvalue weighted by atomic mass is 10.3. The van der Waals surface area contributed by atoms with Crippen LogP contribution in [0.5, 0.6) is 0 Å². The molecule has 0 unspecified atom stereocenters. The van der Waals surface area contributed by atoms with Crippen LogP contribution in [0.25, 0.3) is 11.0 Å².